The van der Waals surface area contributed by atoms with E-state index in [1.54, 1.807) is 6.08 Å². The molecule has 6 nitrogen and oxygen atoms in total. The average molecular weight is 899 g/mol. The SMILES string of the molecule is C=C/C=C\C=C(/C)c1ccc2c(c1)c1ccccc1n2-c1cc(-c2ccc3c(c2)oc2cccc(-c4cccc(-c5nc(-c6ccccc6)nc(-c6ccccc6)n5)c4)c23)c2c(c1)oc1ccccc12. The van der Waals surface area contributed by atoms with Gasteiger partial charge in [0.05, 0.1) is 16.7 Å². The van der Waals surface area contributed by atoms with Gasteiger partial charge < -0.3 is 13.4 Å². The van der Waals surface area contributed by atoms with E-state index >= 15 is 0 Å². The highest BCUT2D eigenvalue weighted by Crippen LogP contribution is 2.44. The van der Waals surface area contributed by atoms with E-state index in [-0.39, 0.29) is 0 Å². The number of allylic oxidation sites excluding steroid dienone is 5. The molecule has 0 aliphatic heterocycles. The van der Waals surface area contributed by atoms with E-state index in [1.165, 1.54) is 21.9 Å². The molecule has 9 aromatic carbocycles. The zero-order chi connectivity index (χ0) is 46.7. The molecule has 13 rings (SSSR count). The zero-order valence-electron chi connectivity index (χ0n) is 38.2. The lowest BCUT2D eigenvalue weighted by Crippen LogP contribution is -2.00. The molecule has 0 spiro atoms. The predicted octanol–water partition coefficient (Wildman–Crippen LogP) is 17.2. The average Bonchev–Trinajstić information content (AvgIpc) is 4.10. The number of hydrogen-bond donors (Lipinski definition) is 0. The van der Waals surface area contributed by atoms with Gasteiger partial charge in [-0.25, -0.2) is 15.0 Å². The van der Waals surface area contributed by atoms with E-state index in [0.29, 0.717) is 17.5 Å². The number of fused-ring (bicyclic) bond motifs is 9. The van der Waals surface area contributed by atoms with Crippen molar-refractivity contribution in [3.05, 3.63) is 237 Å². The number of rotatable bonds is 9. The first-order valence-corrected chi connectivity index (χ1v) is 23.4. The summed E-state index contributed by atoms with van der Waals surface area (Å²) in [4.78, 5) is 15.0. The van der Waals surface area contributed by atoms with Crippen molar-refractivity contribution in [2.24, 2.45) is 0 Å². The minimum atomic E-state index is 0.606. The molecule has 13 aromatic rings. The van der Waals surface area contributed by atoms with Crippen molar-refractivity contribution in [3.8, 4) is 62.1 Å². The molecule has 0 bridgehead atoms. The lowest BCUT2D eigenvalue weighted by molar-refractivity contribution is 0.668. The number of aromatic nitrogens is 4. The van der Waals surface area contributed by atoms with Crippen molar-refractivity contribution >= 4 is 71.3 Å². The lowest BCUT2D eigenvalue weighted by Gasteiger charge is -2.12. The molecular weight excluding hydrogens is 857 g/mol. The Morgan fingerprint density at radius 3 is 1.81 bits per heavy atom. The van der Waals surface area contributed by atoms with Crippen LogP contribution in [0.4, 0.5) is 0 Å². The molecular formula is C64H42N4O2. The number of furan rings is 2. The first-order chi connectivity index (χ1) is 34.6. The van der Waals surface area contributed by atoms with Gasteiger partial charge >= 0.3 is 0 Å². The van der Waals surface area contributed by atoms with Crippen LogP contribution in [0.15, 0.2) is 240 Å². The van der Waals surface area contributed by atoms with Gasteiger partial charge in [0.15, 0.2) is 17.5 Å². The normalized spacial score (nSPS) is 12.2. The van der Waals surface area contributed by atoms with Crippen LogP contribution in [0, 0.1) is 0 Å². The molecule has 0 amide bonds. The van der Waals surface area contributed by atoms with Gasteiger partial charge in [-0.15, -0.1) is 0 Å². The van der Waals surface area contributed by atoms with Crippen LogP contribution in [0.25, 0.3) is 133 Å². The summed E-state index contributed by atoms with van der Waals surface area (Å²) in [5, 5.41) is 6.58. The largest absolute Gasteiger partial charge is 0.456 e. The van der Waals surface area contributed by atoms with Crippen molar-refractivity contribution in [2.45, 2.75) is 6.92 Å². The Balaban J connectivity index is 0.952. The van der Waals surface area contributed by atoms with E-state index in [2.05, 4.69) is 152 Å². The molecule has 0 radical (unpaired) electrons. The van der Waals surface area contributed by atoms with Crippen LogP contribution in [0.3, 0.4) is 0 Å². The van der Waals surface area contributed by atoms with Crippen LogP contribution in [0.1, 0.15) is 12.5 Å². The van der Waals surface area contributed by atoms with E-state index in [1.807, 2.05) is 84.9 Å². The van der Waals surface area contributed by atoms with Gasteiger partial charge in [0.2, 0.25) is 0 Å². The van der Waals surface area contributed by atoms with Crippen LogP contribution in [0.5, 0.6) is 0 Å². The van der Waals surface area contributed by atoms with E-state index in [4.69, 9.17) is 23.8 Å². The van der Waals surface area contributed by atoms with Gasteiger partial charge in [-0.2, -0.15) is 0 Å². The molecule has 4 heterocycles. The molecule has 330 valence electrons. The minimum absolute atomic E-state index is 0.606. The van der Waals surface area contributed by atoms with Gasteiger partial charge in [-0.05, 0) is 94.9 Å². The maximum Gasteiger partial charge on any atom is 0.164 e. The molecule has 0 N–H and O–H groups in total. The number of nitrogens with zero attached hydrogens (tertiary/aromatic N) is 4. The van der Waals surface area contributed by atoms with Crippen LogP contribution in [0.2, 0.25) is 0 Å². The third-order valence-electron chi connectivity index (χ3n) is 13.4. The van der Waals surface area contributed by atoms with E-state index in [9.17, 15) is 0 Å². The highest BCUT2D eigenvalue weighted by Gasteiger charge is 2.21. The maximum atomic E-state index is 6.81. The van der Waals surface area contributed by atoms with Crippen LogP contribution in [-0.2, 0) is 0 Å². The van der Waals surface area contributed by atoms with Crippen molar-refractivity contribution in [1.82, 2.24) is 19.5 Å². The molecule has 0 saturated carbocycles. The molecule has 0 aliphatic rings. The first-order valence-electron chi connectivity index (χ1n) is 23.4. The standard InChI is InChI=1S/C64H42N4O2/c1-3-4-7-18-40(2)43-32-34-55-53(36-43)49-25-12-14-28-54(49)68(55)47-38-52(61-50-26-13-15-29-56(50)69-59(61)39-47)45-31-33-51-58(37-45)70-57-30-17-27-48(60(51)57)44-23-16-24-46(35-44)64-66-62(41-19-8-5-9-20-41)65-63(67-64)42-21-10-6-11-22-42/h3-39H,1H2,2H3/b7-4-,40-18+. The smallest absolute Gasteiger partial charge is 0.164 e. The monoisotopic (exact) mass is 898 g/mol. The Morgan fingerprint density at radius 1 is 0.429 bits per heavy atom. The van der Waals surface area contributed by atoms with Crippen molar-refractivity contribution in [1.29, 1.82) is 0 Å². The molecule has 70 heavy (non-hydrogen) atoms. The van der Waals surface area contributed by atoms with E-state index in [0.717, 1.165) is 99.5 Å². The molecule has 0 saturated heterocycles. The number of benzene rings is 9. The molecule has 0 unspecified atom stereocenters. The maximum absolute atomic E-state index is 6.81. The first kappa shape index (κ1) is 40.8. The molecule has 4 aromatic heterocycles. The minimum Gasteiger partial charge on any atom is -0.456 e. The molecule has 0 aliphatic carbocycles. The number of hydrogen-bond acceptors (Lipinski definition) is 5. The van der Waals surface area contributed by atoms with Crippen LogP contribution < -0.4 is 0 Å². The van der Waals surface area contributed by atoms with Crippen LogP contribution in [-0.4, -0.2) is 19.5 Å². The molecule has 0 atom stereocenters. The third-order valence-corrected chi connectivity index (χ3v) is 13.4. The fraction of sp³-hybridized carbons (Fsp3) is 0.0156. The third kappa shape index (κ3) is 6.92. The predicted molar refractivity (Wildman–Crippen MR) is 289 cm³/mol. The second-order valence-corrected chi connectivity index (χ2v) is 17.6. The Morgan fingerprint density at radius 2 is 1.03 bits per heavy atom. The Hall–Kier alpha value is -9.39. The van der Waals surface area contributed by atoms with Gasteiger partial charge in [-0.1, -0.05) is 170 Å². The quantitative estimate of drug-likeness (QED) is 0.135. The summed E-state index contributed by atoms with van der Waals surface area (Å²) in [6.45, 7) is 5.97. The summed E-state index contributed by atoms with van der Waals surface area (Å²) in [7, 11) is 0. The fourth-order valence-electron chi connectivity index (χ4n) is 10.1. The zero-order valence-corrected chi connectivity index (χ0v) is 38.2. The molecule has 6 heteroatoms. The van der Waals surface area contributed by atoms with Crippen molar-refractivity contribution in [3.63, 3.8) is 0 Å². The second kappa shape index (κ2) is 16.7. The van der Waals surface area contributed by atoms with Crippen LogP contribution >= 0.6 is 0 Å². The fourth-order valence-corrected chi connectivity index (χ4v) is 10.1. The lowest BCUT2D eigenvalue weighted by atomic mass is 9.95. The Bertz CT molecular complexity index is 4210. The van der Waals surface area contributed by atoms with Crippen molar-refractivity contribution < 1.29 is 8.83 Å². The summed E-state index contributed by atoms with van der Waals surface area (Å²) < 4.78 is 15.9. The highest BCUT2D eigenvalue weighted by atomic mass is 16.3. The van der Waals surface area contributed by atoms with Gasteiger partial charge in [-0.3, -0.25) is 0 Å². The van der Waals surface area contributed by atoms with Gasteiger partial charge in [0, 0.05) is 55.1 Å². The van der Waals surface area contributed by atoms with Gasteiger partial charge in [0.25, 0.3) is 0 Å². The highest BCUT2D eigenvalue weighted by molar-refractivity contribution is 6.17. The summed E-state index contributed by atoms with van der Waals surface area (Å²) in [5.74, 6) is 1.86. The Labute approximate surface area is 403 Å². The summed E-state index contributed by atoms with van der Waals surface area (Å²) in [6.07, 6.45) is 7.90. The Kier molecular flexibility index (Phi) is 9.77. The number of para-hydroxylation sites is 2. The summed E-state index contributed by atoms with van der Waals surface area (Å²) in [6, 6.07) is 69.7. The molecule has 0 fully saturated rings. The van der Waals surface area contributed by atoms with Gasteiger partial charge in [0.1, 0.15) is 22.3 Å². The summed E-state index contributed by atoms with van der Waals surface area (Å²) >= 11 is 0. The topological polar surface area (TPSA) is 69.9 Å². The summed E-state index contributed by atoms with van der Waals surface area (Å²) in [5.41, 5.74) is 15.8. The van der Waals surface area contributed by atoms with E-state index < -0.39 is 0 Å². The second-order valence-electron chi connectivity index (χ2n) is 17.6. The van der Waals surface area contributed by atoms with Crippen molar-refractivity contribution in [2.75, 3.05) is 0 Å².